The van der Waals surface area contributed by atoms with Crippen LogP contribution in [0.1, 0.15) is 34.2 Å². The van der Waals surface area contributed by atoms with Gasteiger partial charge < -0.3 is 18.3 Å². The smallest absolute Gasteiger partial charge is 0.242 e. The normalized spacial score (nSPS) is 15.7. The van der Waals surface area contributed by atoms with E-state index in [2.05, 4.69) is 30.1 Å². The minimum absolute atomic E-state index is 0.254. The van der Waals surface area contributed by atoms with E-state index in [9.17, 15) is 0 Å². The maximum atomic E-state index is 6.23. The van der Waals surface area contributed by atoms with Crippen LogP contribution in [0.4, 0.5) is 0 Å². The predicted molar refractivity (Wildman–Crippen MR) is 113 cm³/mol. The van der Waals surface area contributed by atoms with Gasteiger partial charge in [-0.05, 0) is 79.6 Å². The standard InChI is InChI=1S/C24H20N2O4/c1-13-8-20-22(23-21(13)14(2)11-27-23)16-4-3-5-17(16)24(30-20)26-25-10-15-6-7-18-19(9-15)29-12-28-18/h6-11H,3-5,12H2,1-2H3/b25-10-,26-24-. The van der Waals surface area contributed by atoms with E-state index in [1.54, 1.807) is 6.21 Å². The van der Waals surface area contributed by atoms with Gasteiger partial charge in [0.15, 0.2) is 11.5 Å². The van der Waals surface area contributed by atoms with Crippen LogP contribution in [0.5, 0.6) is 11.5 Å². The molecule has 0 saturated heterocycles. The average Bonchev–Trinajstić information content (AvgIpc) is 3.47. The van der Waals surface area contributed by atoms with Crippen LogP contribution in [0.2, 0.25) is 0 Å². The lowest BCUT2D eigenvalue weighted by molar-refractivity contribution is 0.174. The molecular weight excluding hydrogens is 380 g/mol. The van der Waals surface area contributed by atoms with Gasteiger partial charge in [0, 0.05) is 10.9 Å². The van der Waals surface area contributed by atoms with Crippen molar-refractivity contribution in [3.05, 3.63) is 63.9 Å². The molecule has 0 unspecified atom stereocenters. The Labute approximate surface area is 172 Å². The number of hydrogen-bond donors (Lipinski definition) is 0. The summed E-state index contributed by atoms with van der Waals surface area (Å²) < 4.78 is 22.9. The first-order chi connectivity index (χ1) is 14.7. The average molecular weight is 400 g/mol. The van der Waals surface area contributed by atoms with Gasteiger partial charge in [-0.2, -0.15) is 5.10 Å². The molecule has 0 saturated carbocycles. The Hall–Kier alpha value is -3.54. The van der Waals surface area contributed by atoms with Crippen LogP contribution in [-0.4, -0.2) is 13.0 Å². The van der Waals surface area contributed by atoms with Gasteiger partial charge in [-0.15, -0.1) is 5.10 Å². The molecule has 1 aliphatic carbocycles. The van der Waals surface area contributed by atoms with E-state index in [0.717, 1.165) is 69.6 Å². The molecule has 1 aliphatic heterocycles. The zero-order valence-electron chi connectivity index (χ0n) is 16.8. The van der Waals surface area contributed by atoms with Crippen LogP contribution >= 0.6 is 0 Å². The van der Waals surface area contributed by atoms with Gasteiger partial charge in [0.2, 0.25) is 12.3 Å². The van der Waals surface area contributed by atoms with Gasteiger partial charge in [0.1, 0.15) is 11.2 Å². The largest absolute Gasteiger partial charge is 0.463 e. The van der Waals surface area contributed by atoms with Crippen LogP contribution in [-0.2, 0) is 12.8 Å². The second-order valence-corrected chi connectivity index (χ2v) is 7.86. The summed E-state index contributed by atoms with van der Waals surface area (Å²) in [6.07, 6.45) is 6.53. The van der Waals surface area contributed by atoms with Crippen LogP contribution in [0.15, 0.2) is 49.6 Å². The molecule has 0 N–H and O–H groups in total. The molecule has 0 fully saturated rings. The van der Waals surface area contributed by atoms with Crippen LogP contribution in [0.25, 0.3) is 21.9 Å². The van der Waals surface area contributed by atoms with Crippen molar-refractivity contribution in [2.24, 2.45) is 10.2 Å². The first kappa shape index (κ1) is 17.3. The highest BCUT2D eigenvalue weighted by Crippen LogP contribution is 2.37. The predicted octanol–water partition coefficient (Wildman–Crippen LogP) is 4.95. The number of furan rings is 1. The first-order valence-electron chi connectivity index (χ1n) is 10.1. The highest BCUT2D eigenvalue weighted by atomic mass is 16.7. The zero-order chi connectivity index (χ0) is 20.2. The molecular formula is C24H20N2O4. The molecule has 6 rings (SSSR count). The number of hydrogen-bond acceptors (Lipinski definition) is 6. The van der Waals surface area contributed by atoms with Gasteiger partial charge >= 0.3 is 0 Å². The molecule has 2 aromatic carbocycles. The maximum Gasteiger partial charge on any atom is 0.242 e. The van der Waals surface area contributed by atoms with E-state index in [1.807, 2.05) is 24.5 Å². The fraction of sp³-hybridized carbons (Fsp3) is 0.250. The third-order valence-electron chi connectivity index (χ3n) is 5.93. The summed E-state index contributed by atoms with van der Waals surface area (Å²) in [5.41, 5.74) is 7.88. The van der Waals surface area contributed by atoms with Gasteiger partial charge in [0.05, 0.1) is 17.9 Å². The van der Waals surface area contributed by atoms with Crippen molar-refractivity contribution in [3.8, 4) is 11.5 Å². The van der Waals surface area contributed by atoms with Crippen molar-refractivity contribution in [1.29, 1.82) is 0 Å². The Morgan fingerprint density at radius 3 is 2.73 bits per heavy atom. The quantitative estimate of drug-likeness (QED) is 0.353. The van der Waals surface area contributed by atoms with Gasteiger partial charge in [-0.3, -0.25) is 0 Å². The molecule has 2 aliphatic rings. The molecule has 0 radical (unpaired) electrons. The summed E-state index contributed by atoms with van der Waals surface area (Å²) in [5, 5.41) is 11.0. The number of benzene rings is 2. The van der Waals surface area contributed by atoms with E-state index in [1.165, 1.54) is 10.9 Å². The maximum absolute atomic E-state index is 6.23. The summed E-state index contributed by atoms with van der Waals surface area (Å²) in [4.78, 5) is 0. The first-order valence-corrected chi connectivity index (χ1v) is 10.1. The molecule has 6 heteroatoms. The van der Waals surface area contributed by atoms with Crippen molar-refractivity contribution in [1.82, 2.24) is 0 Å². The second-order valence-electron chi connectivity index (χ2n) is 7.86. The molecule has 0 spiro atoms. The lowest BCUT2D eigenvalue weighted by atomic mass is 10.0. The molecule has 6 nitrogen and oxygen atoms in total. The number of aryl methyl sites for hydroxylation is 3. The summed E-state index contributed by atoms with van der Waals surface area (Å²) >= 11 is 0. The Morgan fingerprint density at radius 1 is 0.933 bits per heavy atom. The Balaban J connectivity index is 1.49. The Morgan fingerprint density at radius 2 is 1.80 bits per heavy atom. The number of fused-ring (bicyclic) bond motifs is 6. The molecule has 0 atom stereocenters. The van der Waals surface area contributed by atoms with E-state index in [-0.39, 0.29) is 6.79 Å². The lowest BCUT2D eigenvalue weighted by Gasteiger charge is -2.08. The highest BCUT2D eigenvalue weighted by molar-refractivity contribution is 6.07. The van der Waals surface area contributed by atoms with Gasteiger partial charge in [-0.1, -0.05) is 0 Å². The third-order valence-corrected chi connectivity index (χ3v) is 5.93. The van der Waals surface area contributed by atoms with Crippen molar-refractivity contribution in [2.45, 2.75) is 33.1 Å². The summed E-state index contributed by atoms with van der Waals surface area (Å²) in [7, 11) is 0. The summed E-state index contributed by atoms with van der Waals surface area (Å²) in [5.74, 6) is 1.48. The topological polar surface area (TPSA) is 69.5 Å². The zero-order valence-corrected chi connectivity index (χ0v) is 16.8. The number of ether oxygens (including phenoxy) is 2. The molecule has 4 aromatic rings. The molecule has 150 valence electrons. The molecule has 3 heterocycles. The van der Waals surface area contributed by atoms with Crippen LogP contribution in [0.3, 0.4) is 0 Å². The highest BCUT2D eigenvalue weighted by Gasteiger charge is 2.23. The Bertz CT molecular complexity index is 1430. The number of nitrogens with zero attached hydrogens (tertiary/aromatic N) is 2. The summed E-state index contributed by atoms with van der Waals surface area (Å²) in [6.45, 7) is 4.42. The van der Waals surface area contributed by atoms with E-state index in [0.29, 0.717) is 5.55 Å². The third kappa shape index (κ3) is 2.56. The molecule has 0 amide bonds. The second kappa shape index (κ2) is 6.49. The van der Waals surface area contributed by atoms with E-state index in [4.69, 9.17) is 18.3 Å². The van der Waals surface area contributed by atoms with E-state index < -0.39 is 0 Å². The minimum atomic E-state index is 0.254. The molecule has 0 bridgehead atoms. The monoisotopic (exact) mass is 400 g/mol. The van der Waals surface area contributed by atoms with Crippen molar-refractivity contribution in [2.75, 3.05) is 6.79 Å². The molecule has 30 heavy (non-hydrogen) atoms. The molecule has 2 aromatic heterocycles. The van der Waals surface area contributed by atoms with Gasteiger partial charge in [-0.25, -0.2) is 0 Å². The van der Waals surface area contributed by atoms with Crippen molar-refractivity contribution in [3.63, 3.8) is 0 Å². The Kier molecular flexibility index (Phi) is 3.75. The number of rotatable bonds is 2. The fourth-order valence-corrected chi connectivity index (χ4v) is 4.58. The van der Waals surface area contributed by atoms with Crippen LogP contribution in [0, 0.1) is 13.8 Å². The van der Waals surface area contributed by atoms with E-state index >= 15 is 0 Å². The lowest BCUT2D eigenvalue weighted by Crippen LogP contribution is -2.09. The minimum Gasteiger partial charge on any atom is -0.463 e. The fourth-order valence-electron chi connectivity index (χ4n) is 4.58. The van der Waals surface area contributed by atoms with Crippen LogP contribution < -0.4 is 15.0 Å². The SMILES string of the molecule is Cc1coc2c1c(C)cc1o/c(=N\N=C/c3ccc4c(c3)OCO4)c3c(c12)CCC3. The summed E-state index contributed by atoms with van der Waals surface area (Å²) in [6, 6.07) is 7.77. The van der Waals surface area contributed by atoms with Crippen molar-refractivity contribution >= 4 is 28.2 Å². The van der Waals surface area contributed by atoms with Gasteiger partial charge in [0.25, 0.3) is 0 Å². The van der Waals surface area contributed by atoms with Crippen molar-refractivity contribution < 1.29 is 18.3 Å².